The lowest BCUT2D eigenvalue weighted by Gasteiger charge is -2.22. The Morgan fingerprint density at radius 2 is 2.21 bits per heavy atom. The van der Waals surface area contributed by atoms with Gasteiger partial charge in [0.15, 0.2) is 0 Å². The molecule has 2 heterocycles. The van der Waals surface area contributed by atoms with Crippen LogP contribution in [-0.4, -0.2) is 37.7 Å². The van der Waals surface area contributed by atoms with E-state index in [1.165, 1.54) is 0 Å². The molecule has 0 unspecified atom stereocenters. The summed E-state index contributed by atoms with van der Waals surface area (Å²) in [6, 6.07) is 1.88. The molecule has 2 rings (SSSR count). The molecule has 0 atom stereocenters. The summed E-state index contributed by atoms with van der Waals surface area (Å²) >= 11 is 0. The van der Waals surface area contributed by atoms with Crippen LogP contribution < -0.4 is 10.6 Å². The van der Waals surface area contributed by atoms with E-state index in [9.17, 15) is 4.79 Å². The smallest absolute Gasteiger partial charge is 0.254 e. The molecule has 5 nitrogen and oxygen atoms in total. The molecule has 1 fully saturated rings. The number of hydrogen-bond acceptors (Lipinski definition) is 4. The molecule has 104 valence electrons. The van der Waals surface area contributed by atoms with Gasteiger partial charge in [-0.15, -0.1) is 0 Å². The molecule has 1 aromatic rings. The molecule has 5 heteroatoms. The van der Waals surface area contributed by atoms with Crippen LogP contribution in [0.3, 0.4) is 0 Å². The van der Waals surface area contributed by atoms with Gasteiger partial charge in [0.05, 0.1) is 11.3 Å². The number of pyridine rings is 1. The predicted octanol–water partition coefficient (Wildman–Crippen LogP) is 1.59. The van der Waals surface area contributed by atoms with Gasteiger partial charge in [0.1, 0.15) is 0 Å². The van der Waals surface area contributed by atoms with E-state index in [0.717, 1.165) is 37.4 Å². The van der Waals surface area contributed by atoms with E-state index >= 15 is 0 Å². The van der Waals surface area contributed by atoms with Crippen molar-refractivity contribution in [3.8, 4) is 0 Å². The van der Waals surface area contributed by atoms with Crippen molar-refractivity contribution in [3.05, 3.63) is 23.5 Å². The third-order valence-corrected chi connectivity index (χ3v) is 3.45. The number of anilines is 1. The van der Waals surface area contributed by atoms with Gasteiger partial charge in [-0.2, -0.15) is 0 Å². The highest BCUT2D eigenvalue weighted by Crippen LogP contribution is 2.16. The fourth-order valence-electron chi connectivity index (χ4n) is 2.23. The average Bonchev–Trinajstić information content (AvgIpc) is 2.45. The molecule has 0 aliphatic carbocycles. The minimum atomic E-state index is -0.0664. The summed E-state index contributed by atoms with van der Waals surface area (Å²) in [4.78, 5) is 16.3. The number of rotatable bonds is 4. The standard InChI is InChI=1S/C14H21N3O2/c1-10-7-13(15-2)12(9-16-10)14(18)17-8-11-3-5-19-6-4-11/h7,9,11H,3-6,8H2,1-2H3,(H,15,16)(H,17,18). The van der Waals surface area contributed by atoms with Gasteiger partial charge in [0.25, 0.3) is 5.91 Å². The maximum atomic E-state index is 12.2. The Bertz CT molecular complexity index is 442. The Kier molecular flexibility index (Phi) is 4.74. The summed E-state index contributed by atoms with van der Waals surface area (Å²) in [5.74, 6) is 0.456. The molecule has 2 N–H and O–H groups in total. The lowest BCUT2D eigenvalue weighted by atomic mass is 10.0. The largest absolute Gasteiger partial charge is 0.387 e. The summed E-state index contributed by atoms with van der Waals surface area (Å²) in [5.41, 5.74) is 2.31. The van der Waals surface area contributed by atoms with Crippen LogP contribution in [0.15, 0.2) is 12.3 Å². The number of nitrogens with zero attached hydrogens (tertiary/aromatic N) is 1. The molecule has 1 aromatic heterocycles. The molecular weight excluding hydrogens is 242 g/mol. The van der Waals surface area contributed by atoms with Crippen LogP contribution >= 0.6 is 0 Å². The molecule has 0 radical (unpaired) electrons. The van der Waals surface area contributed by atoms with Crippen LogP contribution in [-0.2, 0) is 4.74 Å². The number of nitrogens with one attached hydrogen (secondary N) is 2. The Morgan fingerprint density at radius 1 is 1.47 bits per heavy atom. The van der Waals surface area contributed by atoms with Crippen LogP contribution in [0.4, 0.5) is 5.69 Å². The van der Waals surface area contributed by atoms with Gasteiger partial charge in [0.2, 0.25) is 0 Å². The first-order valence-corrected chi connectivity index (χ1v) is 6.71. The van der Waals surface area contributed by atoms with Crippen molar-refractivity contribution < 1.29 is 9.53 Å². The summed E-state index contributed by atoms with van der Waals surface area (Å²) in [6.45, 7) is 4.21. The second-order valence-corrected chi connectivity index (χ2v) is 4.89. The summed E-state index contributed by atoms with van der Waals surface area (Å²) in [5, 5.41) is 6.02. The number of hydrogen-bond donors (Lipinski definition) is 2. The van der Waals surface area contributed by atoms with E-state index < -0.39 is 0 Å². The molecule has 19 heavy (non-hydrogen) atoms. The van der Waals surface area contributed by atoms with Crippen molar-refractivity contribution >= 4 is 11.6 Å². The van der Waals surface area contributed by atoms with Crippen LogP contribution in [0.5, 0.6) is 0 Å². The maximum Gasteiger partial charge on any atom is 0.254 e. The van der Waals surface area contributed by atoms with Crippen molar-refractivity contribution in [2.24, 2.45) is 5.92 Å². The highest BCUT2D eigenvalue weighted by molar-refractivity contribution is 5.99. The molecule has 0 bridgehead atoms. The molecule has 0 saturated carbocycles. The summed E-state index contributed by atoms with van der Waals surface area (Å²) in [7, 11) is 1.81. The monoisotopic (exact) mass is 263 g/mol. The Labute approximate surface area is 113 Å². The van der Waals surface area contributed by atoms with Crippen LogP contribution in [0, 0.1) is 12.8 Å². The second-order valence-electron chi connectivity index (χ2n) is 4.89. The zero-order valence-electron chi connectivity index (χ0n) is 11.5. The second kappa shape index (κ2) is 6.52. The van der Waals surface area contributed by atoms with E-state index in [1.807, 2.05) is 20.0 Å². The number of carbonyl (C=O) groups is 1. The zero-order valence-corrected chi connectivity index (χ0v) is 11.5. The Hall–Kier alpha value is -1.62. The highest BCUT2D eigenvalue weighted by Gasteiger charge is 2.16. The van der Waals surface area contributed by atoms with Crippen LogP contribution in [0.2, 0.25) is 0 Å². The zero-order chi connectivity index (χ0) is 13.7. The molecule has 0 spiro atoms. The van der Waals surface area contributed by atoms with Crippen molar-refractivity contribution in [1.29, 1.82) is 0 Å². The number of ether oxygens (including phenoxy) is 1. The van der Waals surface area contributed by atoms with E-state index in [0.29, 0.717) is 18.0 Å². The summed E-state index contributed by atoms with van der Waals surface area (Å²) in [6.07, 6.45) is 3.66. The van der Waals surface area contributed by atoms with Crippen molar-refractivity contribution in [3.63, 3.8) is 0 Å². The number of carbonyl (C=O) groups excluding carboxylic acids is 1. The van der Waals surface area contributed by atoms with E-state index in [4.69, 9.17) is 4.74 Å². The Balaban J connectivity index is 1.95. The molecular formula is C14H21N3O2. The molecule has 0 aromatic carbocycles. The first kappa shape index (κ1) is 13.8. The normalized spacial score (nSPS) is 16.1. The quantitative estimate of drug-likeness (QED) is 0.866. The first-order valence-electron chi connectivity index (χ1n) is 6.71. The minimum absolute atomic E-state index is 0.0664. The van der Waals surface area contributed by atoms with Gasteiger partial charge in [-0.3, -0.25) is 9.78 Å². The SMILES string of the molecule is CNc1cc(C)ncc1C(=O)NCC1CCOCC1. The summed E-state index contributed by atoms with van der Waals surface area (Å²) < 4.78 is 5.31. The van der Waals surface area contributed by atoms with Gasteiger partial charge in [-0.25, -0.2) is 0 Å². The molecule has 1 aliphatic rings. The van der Waals surface area contributed by atoms with Crippen molar-refractivity contribution in [2.75, 3.05) is 32.1 Å². The molecule has 1 aliphatic heterocycles. The fourth-order valence-corrected chi connectivity index (χ4v) is 2.23. The van der Waals surface area contributed by atoms with Crippen molar-refractivity contribution in [1.82, 2.24) is 10.3 Å². The number of aryl methyl sites for hydroxylation is 1. The van der Waals surface area contributed by atoms with E-state index in [1.54, 1.807) is 6.20 Å². The number of aromatic nitrogens is 1. The Morgan fingerprint density at radius 3 is 2.89 bits per heavy atom. The third-order valence-electron chi connectivity index (χ3n) is 3.45. The molecule has 1 saturated heterocycles. The van der Waals surface area contributed by atoms with Gasteiger partial charge in [-0.05, 0) is 31.7 Å². The molecule has 1 amide bonds. The fraction of sp³-hybridized carbons (Fsp3) is 0.571. The first-order chi connectivity index (χ1) is 9.20. The van der Waals surface area contributed by atoms with E-state index in [2.05, 4.69) is 15.6 Å². The van der Waals surface area contributed by atoms with Gasteiger partial charge in [-0.1, -0.05) is 0 Å². The van der Waals surface area contributed by atoms with Crippen LogP contribution in [0.25, 0.3) is 0 Å². The lowest BCUT2D eigenvalue weighted by molar-refractivity contribution is 0.0643. The minimum Gasteiger partial charge on any atom is -0.387 e. The third kappa shape index (κ3) is 3.67. The average molecular weight is 263 g/mol. The van der Waals surface area contributed by atoms with Gasteiger partial charge in [0, 0.05) is 38.7 Å². The number of amides is 1. The predicted molar refractivity (Wildman–Crippen MR) is 74.4 cm³/mol. The van der Waals surface area contributed by atoms with Gasteiger partial charge >= 0.3 is 0 Å². The van der Waals surface area contributed by atoms with E-state index in [-0.39, 0.29) is 5.91 Å². The van der Waals surface area contributed by atoms with Crippen molar-refractivity contribution in [2.45, 2.75) is 19.8 Å². The topological polar surface area (TPSA) is 63.2 Å². The lowest BCUT2D eigenvalue weighted by Crippen LogP contribution is -2.32. The van der Waals surface area contributed by atoms with Crippen LogP contribution in [0.1, 0.15) is 28.9 Å². The maximum absolute atomic E-state index is 12.2. The van der Waals surface area contributed by atoms with Gasteiger partial charge < -0.3 is 15.4 Å². The highest BCUT2D eigenvalue weighted by atomic mass is 16.5.